The molecule has 2 rings (SSSR count). The predicted molar refractivity (Wildman–Crippen MR) is 112 cm³/mol. The van der Waals surface area contributed by atoms with Gasteiger partial charge in [0.1, 0.15) is 11.9 Å². The summed E-state index contributed by atoms with van der Waals surface area (Å²) in [7, 11) is 0. The van der Waals surface area contributed by atoms with Gasteiger partial charge in [0.15, 0.2) is 0 Å². The van der Waals surface area contributed by atoms with E-state index in [1.165, 1.54) is 12.1 Å². The number of nitrogens with zero attached hydrogens (tertiary/aromatic N) is 1. The summed E-state index contributed by atoms with van der Waals surface area (Å²) < 4.78 is 13.8. The second-order valence-electron chi connectivity index (χ2n) is 7.20. The van der Waals surface area contributed by atoms with Crippen LogP contribution in [-0.2, 0) is 11.3 Å². The Kier molecular flexibility index (Phi) is 8.70. The number of aryl methyl sites for hydroxylation is 2. The molecule has 0 saturated heterocycles. The van der Waals surface area contributed by atoms with Gasteiger partial charge in [0.25, 0.3) is 11.6 Å². The molecule has 2 aromatic rings. The fourth-order valence-corrected chi connectivity index (χ4v) is 3.19. The molecule has 0 spiro atoms. The van der Waals surface area contributed by atoms with Crippen LogP contribution < -0.4 is 16.1 Å². The van der Waals surface area contributed by atoms with Crippen LogP contribution in [-0.4, -0.2) is 28.6 Å². The first-order chi connectivity index (χ1) is 14.3. The van der Waals surface area contributed by atoms with Crippen LogP contribution in [0.25, 0.3) is 0 Å². The van der Waals surface area contributed by atoms with Crippen molar-refractivity contribution in [1.29, 1.82) is 0 Å². The fraction of sp³-hybridized carbons (Fsp3) is 0.381. The number of rotatable bonds is 11. The van der Waals surface area contributed by atoms with Gasteiger partial charge in [0.05, 0.1) is 4.92 Å². The first-order valence-corrected chi connectivity index (χ1v) is 9.73. The van der Waals surface area contributed by atoms with Gasteiger partial charge in [0.2, 0.25) is 0 Å². The zero-order valence-electron chi connectivity index (χ0n) is 17.1. The van der Waals surface area contributed by atoms with Crippen LogP contribution in [0.3, 0.4) is 0 Å². The molecular formula is C21H27FN4O4. The van der Waals surface area contributed by atoms with Crippen LogP contribution in [0, 0.1) is 29.8 Å². The monoisotopic (exact) mass is 418 g/mol. The van der Waals surface area contributed by atoms with Crippen LogP contribution >= 0.6 is 0 Å². The largest absolute Gasteiger partial charge is 0.374 e. The molecule has 0 aliphatic carbocycles. The highest BCUT2D eigenvalue weighted by Gasteiger charge is 2.18. The molecule has 2 aromatic carbocycles. The van der Waals surface area contributed by atoms with E-state index in [0.717, 1.165) is 12.0 Å². The van der Waals surface area contributed by atoms with Crippen molar-refractivity contribution < 1.29 is 19.3 Å². The number of hydrogen-bond donors (Lipinski definition) is 4. The number of hydroxylamine groups is 1. The average Bonchev–Trinajstić information content (AvgIpc) is 2.73. The molecule has 0 bridgehead atoms. The standard InChI is InChI=1S/C21H27FN4O4/c1-14-10-17(11-15(2)20(14)22)24-19(21(27)25-28)8-3-4-9-23-13-16-6-5-7-18(12-16)26(29)30/h5-7,10-12,19,23-24,28H,3-4,8-9,13H2,1-2H3,(H,25,27)/t19-/m1/s1. The number of amides is 1. The Morgan fingerprint density at radius 3 is 2.53 bits per heavy atom. The Balaban J connectivity index is 1.80. The molecular weight excluding hydrogens is 391 g/mol. The molecule has 30 heavy (non-hydrogen) atoms. The maximum atomic E-state index is 13.8. The summed E-state index contributed by atoms with van der Waals surface area (Å²) in [6, 6.07) is 9.05. The molecule has 0 radical (unpaired) electrons. The maximum absolute atomic E-state index is 13.8. The summed E-state index contributed by atoms with van der Waals surface area (Å²) in [5.74, 6) is -0.835. The van der Waals surface area contributed by atoms with E-state index < -0.39 is 16.9 Å². The van der Waals surface area contributed by atoms with Crippen molar-refractivity contribution in [3.05, 3.63) is 69.0 Å². The van der Waals surface area contributed by atoms with Gasteiger partial charge >= 0.3 is 0 Å². The summed E-state index contributed by atoms with van der Waals surface area (Å²) in [6.07, 6.45) is 1.94. The number of benzene rings is 2. The third-order valence-corrected chi connectivity index (χ3v) is 4.75. The van der Waals surface area contributed by atoms with Gasteiger partial charge in [-0.2, -0.15) is 0 Å². The second kappa shape index (κ2) is 11.2. The minimum atomic E-state index is -0.656. The third-order valence-electron chi connectivity index (χ3n) is 4.75. The van der Waals surface area contributed by atoms with Crippen LogP contribution in [0.1, 0.15) is 36.0 Å². The minimum Gasteiger partial charge on any atom is -0.374 e. The van der Waals surface area contributed by atoms with E-state index in [4.69, 9.17) is 5.21 Å². The van der Waals surface area contributed by atoms with E-state index in [1.54, 1.807) is 37.5 Å². The highest BCUT2D eigenvalue weighted by atomic mass is 19.1. The first-order valence-electron chi connectivity index (χ1n) is 9.73. The van der Waals surface area contributed by atoms with Gasteiger partial charge in [-0.15, -0.1) is 0 Å². The van der Waals surface area contributed by atoms with Crippen LogP contribution in [0.5, 0.6) is 0 Å². The molecule has 162 valence electrons. The third kappa shape index (κ3) is 6.78. The van der Waals surface area contributed by atoms with Crippen molar-refractivity contribution in [3.8, 4) is 0 Å². The second-order valence-corrected chi connectivity index (χ2v) is 7.20. The molecule has 4 N–H and O–H groups in total. The summed E-state index contributed by atoms with van der Waals surface area (Å²) in [4.78, 5) is 22.4. The normalized spacial score (nSPS) is 11.7. The lowest BCUT2D eigenvalue weighted by Gasteiger charge is -2.19. The highest BCUT2D eigenvalue weighted by molar-refractivity contribution is 5.83. The summed E-state index contributed by atoms with van der Waals surface area (Å²) >= 11 is 0. The van der Waals surface area contributed by atoms with E-state index in [-0.39, 0.29) is 11.5 Å². The smallest absolute Gasteiger partial charge is 0.269 e. The van der Waals surface area contributed by atoms with Crippen LogP contribution in [0.2, 0.25) is 0 Å². The highest BCUT2D eigenvalue weighted by Crippen LogP contribution is 2.20. The lowest BCUT2D eigenvalue weighted by atomic mass is 10.1. The molecule has 0 aromatic heterocycles. The Bertz CT molecular complexity index is 868. The van der Waals surface area contributed by atoms with E-state index >= 15 is 0 Å². The number of unbranched alkanes of at least 4 members (excludes halogenated alkanes) is 1. The number of carbonyl (C=O) groups is 1. The Labute approximate surface area is 174 Å². The Morgan fingerprint density at radius 2 is 1.90 bits per heavy atom. The maximum Gasteiger partial charge on any atom is 0.269 e. The molecule has 0 saturated carbocycles. The lowest BCUT2D eigenvalue weighted by Crippen LogP contribution is -2.38. The molecule has 0 unspecified atom stereocenters. The van der Waals surface area contributed by atoms with Crippen LogP contribution in [0.4, 0.5) is 15.8 Å². The Hall–Kier alpha value is -3.04. The number of carbonyl (C=O) groups excluding carboxylic acids is 1. The average molecular weight is 418 g/mol. The molecule has 9 heteroatoms. The van der Waals surface area contributed by atoms with Crippen LogP contribution in [0.15, 0.2) is 36.4 Å². The number of nitro benzene ring substituents is 1. The summed E-state index contributed by atoms with van der Waals surface area (Å²) in [5, 5.41) is 26.1. The minimum absolute atomic E-state index is 0.0597. The molecule has 8 nitrogen and oxygen atoms in total. The van der Waals surface area contributed by atoms with Crippen molar-refractivity contribution >= 4 is 17.3 Å². The van der Waals surface area contributed by atoms with E-state index in [1.807, 2.05) is 6.07 Å². The van der Waals surface area contributed by atoms with Gasteiger partial charge in [-0.3, -0.25) is 20.1 Å². The van der Waals surface area contributed by atoms with Crippen molar-refractivity contribution in [1.82, 2.24) is 10.8 Å². The molecule has 0 aliphatic heterocycles. The quantitative estimate of drug-likeness (QED) is 0.192. The molecule has 1 atom stereocenters. The van der Waals surface area contributed by atoms with Gasteiger partial charge in [-0.05, 0) is 68.5 Å². The molecule has 0 fully saturated rings. The predicted octanol–water partition coefficient (Wildman–Crippen LogP) is 3.60. The molecule has 0 heterocycles. The van der Waals surface area contributed by atoms with E-state index in [2.05, 4.69) is 10.6 Å². The lowest BCUT2D eigenvalue weighted by molar-refractivity contribution is -0.384. The van der Waals surface area contributed by atoms with Crippen molar-refractivity contribution in [3.63, 3.8) is 0 Å². The topological polar surface area (TPSA) is 117 Å². The number of nitro groups is 1. The van der Waals surface area contributed by atoms with Gasteiger partial charge in [0, 0.05) is 24.4 Å². The number of nitrogens with one attached hydrogen (secondary N) is 3. The number of hydrogen-bond acceptors (Lipinski definition) is 6. The Morgan fingerprint density at radius 1 is 1.20 bits per heavy atom. The fourth-order valence-electron chi connectivity index (χ4n) is 3.19. The van der Waals surface area contributed by atoms with Gasteiger partial charge < -0.3 is 10.6 Å². The zero-order chi connectivity index (χ0) is 22.1. The van der Waals surface area contributed by atoms with Crippen molar-refractivity contribution in [2.45, 2.75) is 45.7 Å². The van der Waals surface area contributed by atoms with Crippen molar-refractivity contribution in [2.24, 2.45) is 0 Å². The number of anilines is 1. The van der Waals surface area contributed by atoms with E-state index in [0.29, 0.717) is 42.7 Å². The number of non-ortho nitro benzene ring substituents is 1. The van der Waals surface area contributed by atoms with Gasteiger partial charge in [-0.1, -0.05) is 12.1 Å². The van der Waals surface area contributed by atoms with Crippen molar-refractivity contribution in [2.75, 3.05) is 11.9 Å². The SMILES string of the molecule is Cc1cc(N[C@H](CCCCNCc2cccc([N+](=O)[O-])c2)C(=O)NO)cc(C)c1F. The van der Waals surface area contributed by atoms with Gasteiger partial charge in [-0.25, -0.2) is 9.87 Å². The molecule has 0 aliphatic rings. The summed E-state index contributed by atoms with van der Waals surface area (Å²) in [5.41, 5.74) is 4.12. The molecule has 1 amide bonds. The van der Waals surface area contributed by atoms with E-state index in [9.17, 15) is 19.3 Å². The number of halogens is 1. The summed E-state index contributed by atoms with van der Waals surface area (Å²) in [6.45, 7) is 4.49. The first kappa shape index (κ1) is 23.2. The zero-order valence-corrected chi connectivity index (χ0v) is 17.1.